The second kappa shape index (κ2) is 11.4. The lowest BCUT2D eigenvalue weighted by atomic mass is 9.85. The maximum absolute atomic E-state index is 6.40. The van der Waals surface area contributed by atoms with E-state index in [0.29, 0.717) is 5.92 Å². The summed E-state index contributed by atoms with van der Waals surface area (Å²) >= 11 is 0. The lowest BCUT2D eigenvalue weighted by molar-refractivity contribution is 0.672. The molecule has 9 rings (SSSR count). The molecule has 0 aliphatic carbocycles. The number of para-hydroxylation sites is 2. The van der Waals surface area contributed by atoms with E-state index in [1.807, 2.05) is 24.3 Å². The molecule has 0 unspecified atom stereocenters. The van der Waals surface area contributed by atoms with E-state index in [4.69, 9.17) is 9.40 Å². The van der Waals surface area contributed by atoms with Crippen LogP contribution in [-0.2, 0) is 6.42 Å². The quantitative estimate of drug-likeness (QED) is 0.189. The molecule has 0 N–H and O–H groups in total. The SMILES string of the molecule is c1ccc(C(Cc2ccc3cc(-c4ccc(-c5nc6ccccc6c6oc7ccccc7c56)cc4)ccc3c2)c2ccccc2)cc1. The fourth-order valence-electron chi connectivity index (χ4n) is 7.08. The van der Waals surface area contributed by atoms with Crippen molar-refractivity contribution < 1.29 is 4.42 Å². The summed E-state index contributed by atoms with van der Waals surface area (Å²) in [6, 6.07) is 60.7. The Morgan fingerprint density at radius 3 is 1.85 bits per heavy atom. The predicted octanol–water partition coefficient (Wildman–Crippen LogP) is 12.0. The molecular formula is C45H31NO. The second-order valence-corrected chi connectivity index (χ2v) is 12.3. The summed E-state index contributed by atoms with van der Waals surface area (Å²) < 4.78 is 6.40. The Hall–Kier alpha value is -5.99. The lowest BCUT2D eigenvalue weighted by Crippen LogP contribution is -2.05. The second-order valence-electron chi connectivity index (χ2n) is 12.3. The number of aromatic nitrogens is 1. The zero-order valence-electron chi connectivity index (χ0n) is 25.8. The number of hydrogen-bond acceptors (Lipinski definition) is 2. The summed E-state index contributed by atoms with van der Waals surface area (Å²) in [5.74, 6) is 0.311. The van der Waals surface area contributed by atoms with Gasteiger partial charge in [-0.05, 0) is 69.3 Å². The third-order valence-electron chi connectivity index (χ3n) is 9.45. The molecule has 0 bridgehead atoms. The van der Waals surface area contributed by atoms with Gasteiger partial charge in [0, 0.05) is 22.3 Å². The molecule has 0 aliphatic rings. The van der Waals surface area contributed by atoms with Crippen molar-refractivity contribution in [3.63, 3.8) is 0 Å². The van der Waals surface area contributed by atoms with Crippen LogP contribution in [0.4, 0.5) is 0 Å². The first-order valence-electron chi connectivity index (χ1n) is 16.2. The molecule has 2 heteroatoms. The highest BCUT2D eigenvalue weighted by Gasteiger charge is 2.18. The first kappa shape index (κ1) is 27.3. The summed E-state index contributed by atoms with van der Waals surface area (Å²) in [7, 11) is 0. The number of rotatable bonds is 6. The molecule has 222 valence electrons. The number of pyridine rings is 1. The maximum atomic E-state index is 6.40. The van der Waals surface area contributed by atoms with Crippen LogP contribution in [0.3, 0.4) is 0 Å². The third kappa shape index (κ3) is 4.95. The first-order valence-corrected chi connectivity index (χ1v) is 16.2. The molecule has 2 heterocycles. The van der Waals surface area contributed by atoms with Gasteiger partial charge >= 0.3 is 0 Å². The molecule has 2 nitrogen and oxygen atoms in total. The molecule has 0 radical (unpaired) electrons. The summed E-state index contributed by atoms with van der Waals surface area (Å²) in [6.45, 7) is 0. The Morgan fingerprint density at radius 2 is 1.09 bits per heavy atom. The van der Waals surface area contributed by atoms with Gasteiger partial charge in [0.1, 0.15) is 11.2 Å². The van der Waals surface area contributed by atoms with Gasteiger partial charge in [-0.2, -0.15) is 0 Å². The van der Waals surface area contributed by atoms with E-state index in [0.717, 1.165) is 50.5 Å². The highest BCUT2D eigenvalue weighted by atomic mass is 16.3. The smallest absolute Gasteiger partial charge is 0.147 e. The molecule has 0 aliphatic heterocycles. The predicted molar refractivity (Wildman–Crippen MR) is 196 cm³/mol. The van der Waals surface area contributed by atoms with Crippen LogP contribution in [0, 0.1) is 0 Å². The van der Waals surface area contributed by atoms with Crippen LogP contribution in [0.5, 0.6) is 0 Å². The number of hydrogen-bond donors (Lipinski definition) is 0. The normalized spacial score (nSPS) is 11.7. The van der Waals surface area contributed by atoms with Crippen LogP contribution in [-0.4, -0.2) is 4.98 Å². The van der Waals surface area contributed by atoms with Crippen molar-refractivity contribution in [2.45, 2.75) is 12.3 Å². The van der Waals surface area contributed by atoms with Gasteiger partial charge in [-0.3, -0.25) is 0 Å². The number of fused-ring (bicyclic) bond motifs is 6. The number of furan rings is 1. The Morgan fingerprint density at radius 1 is 0.489 bits per heavy atom. The number of benzene rings is 7. The van der Waals surface area contributed by atoms with Gasteiger partial charge in [0.15, 0.2) is 0 Å². The number of nitrogens with zero attached hydrogens (tertiary/aromatic N) is 1. The van der Waals surface area contributed by atoms with E-state index in [-0.39, 0.29) is 0 Å². The summed E-state index contributed by atoms with van der Waals surface area (Å²) in [4.78, 5) is 5.15. The van der Waals surface area contributed by atoms with E-state index < -0.39 is 0 Å². The Balaban J connectivity index is 1.05. The molecule has 0 amide bonds. The van der Waals surface area contributed by atoms with Crippen LogP contribution < -0.4 is 0 Å². The van der Waals surface area contributed by atoms with Gasteiger partial charge in [-0.25, -0.2) is 4.98 Å². The summed E-state index contributed by atoms with van der Waals surface area (Å²) in [6.07, 6.45) is 0.954. The van der Waals surface area contributed by atoms with Crippen molar-refractivity contribution in [1.82, 2.24) is 4.98 Å². The maximum Gasteiger partial charge on any atom is 0.147 e. The van der Waals surface area contributed by atoms with Gasteiger partial charge in [-0.15, -0.1) is 0 Å². The van der Waals surface area contributed by atoms with Crippen molar-refractivity contribution in [3.05, 3.63) is 187 Å². The third-order valence-corrected chi connectivity index (χ3v) is 9.45. The van der Waals surface area contributed by atoms with Gasteiger partial charge in [0.2, 0.25) is 0 Å². The average molecular weight is 602 g/mol. The van der Waals surface area contributed by atoms with Crippen molar-refractivity contribution >= 4 is 43.6 Å². The fraction of sp³-hybridized carbons (Fsp3) is 0.0444. The fourth-order valence-corrected chi connectivity index (χ4v) is 7.08. The molecule has 0 atom stereocenters. The van der Waals surface area contributed by atoms with Gasteiger partial charge in [0.25, 0.3) is 0 Å². The Bertz CT molecular complexity index is 2490. The van der Waals surface area contributed by atoms with Gasteiger partial charge in [-0.1, -0.05) is 146 Å². The monoisotopic (exact) mass is 601 g/mol. The molecule has 2 aromatic heterocycles. The first-order chi connectivity index (χ1) is 23.3. The standard InChI is InChI=1S/C45H31NO/c1-3-11-32(12-4-1)40(33-13-5-2-6-14-33)28-30-19-20-37-29-36(26-25-35(37)27-30)31-21-23-34(24-22-31)44-43-39-16-8-10-18-42(39)47-45(43)38-15-7-9-17-41(38)46-44/h1-27,29,40H,28H2. The minimum atomic E-state index is 0.311. The van der Waals surface area contributed by atoms with Crippen LogP contribution >= 0.6 is 0 Å². The van der Waals surface area contributed by atoms with Crippen molar-refractivity contribution in [2.75, 3.05) is 0 Å². The highest BCUT2D eigenvalue weighted by molar-refractivity contribution is 6.19. The van der Waals surface area contributed by atoms with Crippen LogP contribution in [0.25, 0.3) is 66.0 Å². The van der Waals surface area contributed by atoms with Crippen LogP contribution in [0.2, 0.25) is 0 Å². The van der Waals surface area contributed by atoms with Crippen molar-refractivity contribution in [1.29, 1.82) is 0 Å². The van der Waals surface area contributed by atoms with Crippen LogP contribution in [0.15, 0.2) is 174 Å². The molecular weight excluding hydrogens is 571 g/mol. The zero-order chi connectivity index (χ0) is 31.2. The van der Waals surface area contributed by atoms with E-state index in [9.17, 15) is 0 Å². The minimum absolute atomic E-state index is 0.311. The molecule has 7 aromatic carbocycles. The van der Waals surface area contributed by atoms with E-state index in [1.165, 1.54) is 38.6 Å². The lowest BCUT2D eigenvalue weighted by Gasteiger charge is -2.19. The molecule has 0 saturated heterocycles. The molecule has 47 heavy (non-hydrogen) atoms. The minimum Gasteiger partial charge on any atom is -0.455 e. The van der Waals surface area contributed by atoms with E-state index in [1.54, 1.807) is 0 Å². The average Bonchev–Trinajstić information content (AvgIpc) is 3.54. The van der Waals surface area contributed by atoms with E-state index in [2.05, 4.69) is 146 Å². The summed E-state index contributed by atoms with van der Waals surface area (Å²) in [5.41, 5.74) is 11.2. The van der Waals surface area contributed by atoms with Crippen molar-refractivity contribution in [3.8, 4) is 22.4 Å². The van der Waals surface area contributed by atoms with Crippen molar-refractivity contribution in [2.24, 2.45) is 0 Å². The Kier molecular flexibility index (Phi) is 6.64. The zero-order valence-corrected chi connectivity index (χ0v) is 25.8. The topological polar surface area (TPSA) is 26.0 Å². The largest absolute Gasteiger partial charge is 0.455 e. The van der Waals surface area contributed by atoms with E-state index >= 15 is 0 Å². The Labute approximate surface area is 273 Å². The molecule has 0 fully saturated rings. The molecule has 0 spiro atoms. The molecule has 0 saturated carbocycles. The highest BCUT2D eigenvalue weighted by Crippen LogP contribution is 2.40. The van der Waals surface area contributed by atoms with Gasteiger partial charge < -0.3 is 4.42 Å². The van der Waals surface area contributed by atoms with Gasteiger partial charge in [0.05, 0.1) is 16.6 Å². The summed E-state index contributed by atoms with van der Waals surface area (Å²) in [5, 5.41) is 5.70. The van der Waals surface area contributed by atoms with Crippen LogP contribution in [0.1, 0.15) is 22.6 Å². The molecule has 9 aromatic rings.